The molecule has 0 radical (unpaired) electrons. The maximum Gasteiger partial charge on any atom is 0.452 e. The van der Waals surface area contributed by atoms with Crippen LogP contribution in [0.4, 0.5) is 13.2 Å². The molecular weight excluding hydrogens is 467 g/mol. The molecule has 2 unspecified atom stereocenters. The lowest BCUT2D eigenvalue weighted by Gasteiger charge is -2.23. The van der Waals surface area contributed by atoms with Crippen molar-refractivity contribution < 1.29 is 27.8 Å². The maximum absolute atomic E-state index is 13.8. The molecule has 4 rings (SSSR count). The Kier molecular flexibility index (Phi) is 6.28. The van der Waals surface area contributed by atoms with Crippen LogP contribution in [-0.2, 0) is 6.18 Å². The molecule has 0 saturated carbocycles. The lowest BCUT2D eigenvalue weighted by Crippen LogP contribution is -2.16. The molecule has 0 amide bonds. The first-order valence-electron chi connectivity index (χ1n) is 9.59. The van der Waals surface area contributed by atoms with Gasteiger partial charge in [-0.1, -0.05) is 23.7 Å². The minimum Gasteiger partial charge on any atom is -0.493 e. The van der Waals surface area contributed by atoms with Crippen molar-refractivity contribution >= 4 is 23.4 Å². The molecule has 0 fully saturated rings. The van der Waals surface area contributed by atoms with Crippen molar-refractivity contribution in [3.05, 3.63) is 64.2 Å². The fraction of sp³-hybridized carbons (Fsp3) is 0.333. The number of hydrogen-bond acceptors (Lipinski definition) is 6. The van der Waals surface area contributed by atoms with Gasteiger partial charge in [0.2, 0.25) is 5.82 Å². The zero-order chi connectivity index (χ0) is 23.0. The van der Waals surface area contributed by atoms with Crippen molar-refractivity contribution in [3.8, 4) is 17.2 Å². The summed E-state index contributed by atoms with van der Waals surface area (Å²) in [6.07, 6.45) is -4.53. The van der Waals surface area contributed by atoms with E-state index in [-0.39, 0.29) is 24.5 Å². The van der Waals surface area contributed by atoms with Crippen LogP contribution in [0.25, 0.3) is 5.69 Å². The first-order chi connectivity index (χ1) is 15.3. The van der Waals surface area contributed by atoms with E-state index < -0.39 is 22.5 Å². The van der Waals surface area contributed by atoms with Gasteiger partial charge < -0.3 is 14.6 Å². The van der Waals surface area contributed by atoms with Crippen molar-refractivity contribution in [2.24, 2.45) is 0 Å². The largest absolute Gasteiger partial charge is 0.493 e. The predicted molar refractivity (Wildman–Crippen MR) is 115 cm³/mol. The van der Waals surface area contributed by atoms with Gasteiger partial charge in [-0.15, -0.1) is 22.0 Å². The quantitative estimate of drug-likeness (QED) is 0.534. The van der Waals surface area contributed by atoms with E-state index in [1.165, 1.54) is 38.1 Å². The molecule has 0 bridgehead atoms. The number of para-hydroxylation sites is 1. The Morgan fingerprint density at radius 2 is 1.91 bits per heavy atom. The van der Waals surface area contributed by atoms with Crippen LogP contribution < -0.4 is 9.47 Å². The van der Waals surface area contributed by atoms with Crippen LogP contribution in [0.1, 0.15) is 39.7 Å². The summed E-state index contributed by atoms with van der Waals surface area (Å²) < 4.78 is 53.5. The van der Waals surface area contributed by atoms with Crippen LogP contribution in [0.2, 0.25) is 5.02 Å². The Bertz CT molecular complexity index is 1140. The highest BCUT2D eigenvalue weighted by molar-refractivity contribution is 8.00. The fourth-order valence-corrected chi connectivity index (χ4v) is 5.53. The second kappa shape index (κ2) is 8.84. The number of nitrogens with zero attached hydrogens (tertiary/aromatic N) is 3. The van der Waals surface area contributed by atoms with E-state index in [0.29, 0.717) is 27.6 Å². The number of halogens is 4. The monoisotopic (exact) mass is 485 g/mol. The summed E-state index contributed by atoms with van der Waals surface area (Å²) in [5.41, 5.74) is 1.51. The number of alkyl halides is 3. The number of methoxy groups -OCH3 is 2. The van der Waals surface area contributed by atoms with Crippen LogP contribution in [0.3, 0.4) is 0 Å². The fourth-order valence-electron chi connectivity index (χ4n) is 3.84. The molecule has 0 spiro atoms. The normalized spacial score (nSPS) is 18.0. The molecule has 32 heavy (non-hydrogen) atoms. The molecule has 170 valence electrons. The lowest BCUT2D eigenvalue weighted by atomic mass is 10.0. The number of benzene rings is 2. The third-order valence-electron chi connectivity index (χ3n) is 5.15. The number of aromatic nitrogens is 3. The Labute approximate surface area is 191 Å². The minimum atomic E-state index is -4.72. The highest BCUT2D eigenvalue weighted by Gasteiger charge is 2.43. The predicted octanol–water partition coefficient (Wildman–Crippen LogP) is 5.22. The van der Waals surface area contributed by atoms with E-state index in [2.05, 4.69) is 10.2 Å². The molecule has 0 saturated heterocycles. The van der Waals surface area contributed by atoms with Crippen molar-refractivity contribution in [3.63, 3.8) is 0 Å². The van der Waals surface area contributed by atoms with E-state index in [0.717, 1.165) is 4.57 Å². The van der Waals surface area contributed by atoms with Gasteiger partial charge in [-0.25, -0.2) is 0 Å². The van der Waals surface area contributed by atoms with Crippen LogP contribution in [0.15, 0.2) is 36.4 Å². The highest BCUT2D eigenvalue weighted by atomic mass is 35.5. The topological polar surface area (TPSA) is 69.4 Å². The number of thioether (sulfide) groups is 1. The zero-order valence-electron chi connectivity index (χ0n) is 17.1. The van der Waals surface area contributed by atoms with E-state index in [1.807, 2.05) is 6.07 Å². The van der Waals surface area contributed by atoms with Gasteiger partial charge in [0.25, 0.3) is 0 Å². The van der Waals surface area contributed by atoms with Gasteiger partial charge in [0.15, 0.2) is 17.3 Å². The van der Waals surface area contributed by atoms with Gasteiger partial charge in [0.1, 0.15) is 0 Å². The second-order valence-corrected chi connectivity index (χ2v) is 8.77. The molecule has 1 aliphatic heterocycles. The number of rotatable bonds is 5. The van der Waals surface area contributed by atoms with Gasteiger partial charge in [-0.2, -0.15) is 13.2 Å². The second-order valence-electron chi connectivity index (χ2n) is 7.02. The third kappa shape index (κ3) is 3.91. The van der Waals surface area contributed by atoms with E-state index in [1.54, 1.807) is 18.2 Å². The number of hydrogen-bond donors (Lipinski definition) is 1. The molecule has 1 N–H and O–H groups in total. The van der Waals surface area contributed by atoms with Gasteiger partial charge in [0, 0.05) is 17.2 Å². The number of ether oxygens (including phenoxy) is 2. The standard InChI is InChI=1S/C21H19ClF3N3O3S/c1-30-15-5-3-4-12(17(15)31-2)18-13-10-11(22)6-7-14(13)28-19(16(32-18)8-9-29)26-27-20(28)21(23,24)25/h3-7,10,16,18,29H,8-9H2,1-2H3. The van der Waals surface area contributed by atoms with E-state index >= 15 is 0 Å². The average molecular weight is 486 g/mol. The van der Waals surface area contributed by atoms with Crippen LogP contribution in [0, 0.1) is 0 Å². The first-order valence-corrected chi connectivity index (χ1v) is 10.9. The Morgan fingerprint density at radius 3 is 2.56 bits per heavy atom. The SMILES string of the molecule is COc1cccc(C2SC(CCO)c3nnc(C(F)(F)F)n3-c3ccc(Cl)cc32)c1OC. The Balaban J connectivity index is 2.02. The molecule has 6 nitrogen and oxygen atoms in total. The average Bonchev–Trinajstić information content (AvgIpc) is 3.16. The summed E-state index contributed by atoms with van der Waals surface area (Å²) >= 11 is 7.63. The van der Waals surface area contributed by atoms with Gasteiger partial charge in [-0.3, -0.25) is 4.57 Å². The molecule has 2 atom stereocenters. The molecule has 1 aliphatic rings. The van der Waals surface area contributed by atoms with E-state index in [4.69, 9.17) is 21.1 Å². The summed E-state index contributed by atoms with van der Waals surface area (Å²) in [7, 11) is 3.02. The van der Waals surface area contributed by atoms with Crippen LogP contribution >= 0.6 is 23.4 Å². The third-order valence-corrected chi connectivity index (χ3v) is 6.94. The smallest absolute Gasteiger partial charge is 0.452 e. The van der Waals surface area contributed by atoms with Crippen LogP contribution in [-0.4, -0.2) is 40.7 Å². The highest BCUT2D eigenvalue weighted by Crippen LogP contribution is 2.54. The molecule has 0 aliphatic carbocycles. The van der Waals surface area contributed by atoms with E-state index in [9.17, 15) is 18.3 Å². The van der Waals surface area contributed by atoms with Gasteiger partial charge in [-0.05, 0) is 36.2 Å². The molecule has 2 aromatic carbocycles. The van der Waals surface area contributed by atoms with Gasteiger partial charge >= 0.3 is 6.18 Å². The van der Waals surface area contributed by atoms with Crippen molar-refractivity contribution in [2.45, 2.75) is 23.1 Å². The van der Waals surface area contributed by atoms with Gasteiger partial charge in [0.05, 0.1) is 30.4 Å². The van der Waals surface area contributed by atoms with Crippen molar-refractivity contribution in [1.29, 1.82) is 0 Å². The Morgan fingerprint density at radius 1 is 1.12 bits per heavy atom. The van der Waals surface area contributed by atoms with Crippen molar-refractivity contribution in [2.75, 3.05) is 20.8 Å². The summed E-state index contributed by atoms with van der Waals surface area (Å²) in [4.78, 5) is 0. The minimum absolute atomic E-state index is 0.115. The molecule has 2 heterocycles. The van der Waals surface area contributed by atoms with Crippen molar-refractivity contribution in [1.82, 2.24) is 14.8 Å². The number of fused-ring (bicyclic) bond motifs is 3. The summed E-state index contributed by atoms with van der Waals surface area (Å²) in [6, 6.07) is 10.1. The molecule has 11 heteroatoms. The summed E-state index contributed by atoms with van der Waals surface area (Å²) in [6.45, 7) is -0.231. The van der Waals surface area contributed by atoms with Crippen LogP contribution in [0.5, 0.6) is 11.5 Å². The molecule has 3 aromatic rings. The Hall–Kier alpha value is -2.43. The summed E-state index contributed by atoms with van der Waals surface area (Å²) in [5.74, 6) is -0.0513. The number of aliphatic hydroxyl groups excluding tert-OH is 1. The molecular formula is C21H19ClF3N3O3S. The first kappa shape index (κ1) is 22.8. The molecule has 1 aromatic heterocycles. The maximum atomic E-state index is 13.8. The number of aliphatic hydroxyl groups is 1. The zero-order valence-corrected chi connectivity index (χ0v) is 18.6. The lowest BCUT2D eigenvalue weighted by molar-refractivity contribution is -0.146. The summed E-state index contributed by atoms with van der Waals surface area (Å²) in [5, 5.41) is 16.3.